The zero-order valence-corrected chi connectivity index (χ0v) is 9.87. The second-order valence-corrected chi connectivity index (χ2v) is 4.79. The van der Waals surface area contributed by atoms with Crippen LogP contribution in [-0.4, -0.2) is 23.0 Å². The molecule has 1 aromatic heterocycles. The van der Waals surface area contributed by atoms with Crippen LogP contribution in [0.3, 0.4) is 0 Å². The number of aliphatic hydroxyl groups excluding tert-OH is 1. The number of rotatable bonds is 7. The van der Waals surface area contributed by atoms with Gasteiger partial charge in [-0.15, -0.1) is 11.8 Å². The lowest BCUT2D eigenvalue weighted by molar-refractivity contribution is 0.279. The van der Waals surface area contributed by atoms with Crippen LogP contribution >= 0.6 is 11.8 Å². The Hall–Kier alpha value is -0.450. The molecule has 3 N–H and O–H groups in total. The number of hydrogen-bond acceptors (Lipinski definition) is 4. The zero-order valence-electron chi connectivity index (χ0n) is 9.06. The van der Waals surface area contributed by atoms with Crippen LogP contribution in [0, 0.1) is 0 Å². The van der Waals surface area contributed by atoms with Gasteiger partial charge < -0.3 is 15.3 Å². The maximum Gasteiger partial charge on any atom is 0.113 e. The van der Waals surface area contributed by atoms with E-state index in [-0.39, 0.29) is 17.9 Å². The Morgan fingerprint density at radius 3 is 2.93 bits per heavy atom. The van der Waals surface area contributed by atoms with Crippen molar-refractivity contribution < 1.29 is 9.52 Å². The van der Waals surface area contributed by atoms with E-state index in [1.807, 2.05) is 12.1 Å². The van der Waals surface area contributed by atoms with Gasteiger partial charge in [0.05, 0.1) is 18.6 Å². The smallest absolute Gasteiger partial charge is 0.113 e. The molecule has 3 nitrogen and oxygen atoms in total. The first kappa shape index (κ1) is 12.6. The number of furan rings is 1. The summed E-state index contributed by atoms with van der Waals surface area (Å²) in [5, 5.41) is 9.33. The van der Waals surface area contributed by atoms with Crippen LogP contribution in [0.2, 0.25) is 0 Å². The van der Waals surface area contributed by atoms with Gasteiger partial charge in [-0.2, -0.15) is 0 Å². The fraction of sp³-hybridized carbons (Fsp3) is 0.636. The summed E-state index contributed by atoms with van der Waals surface area (Å²) in [5.41, 5.74) is 5.97. The molecule has 0 amide bonds. The molecule has 0 saturated heterocycles. The highest BCUT2D eigenvalue weighted by Crippen LogP contribution is 2.21. The molecular weight excluding hydrogens is 210 g/mol. The Balaban J connectivity index is 2.33. The molecule has 1 heterocycles. The predicted molar refractivity (Wildman–Crippen MR) is 63.8 cm³/mol. The molecule has 86 valence electrons. The summed E-state index contributed by atoms with van der Waals surface area (Å²) < 4.78 is 5.22. The second kappa shape index (κ2) is 6.93. The molecule has 2 unspecified atom stereocenters. The number of aliphatic hydroxyl groups is 1. The van der Waals surface area contributed by atoms with E-state index in [0.29, 0.717) is 0 Å². The second-order valence-electron chi connectivity index (χ2n) is 3.56. The van der Waals surface area contributed by atoms with E-state index < -0.39 is 0 Å². The van der Waals surface area contributed by atoms with E-state index in [0.717, 1.165) is 24.4 Å². The lowest BCUT2D eigenvalue weighted by atomic mass is 10.1. The number of thioether (sulfide) groups is 1. The number of hydrogen-bond donors (Lipinski definition) is 2. The summed E-state index contributed by atoms with van der Waals surface area (Å²) in [5.74, 6) is 1.71. The largest absolute Gasteiger partial charge is 0.468 e. The fourth-order valence-corrected chi connectivity index (χ4v) is 2.45. The van der Waals surface area contributed by atoms with E-state index in [9.17, 15) is 5.11 Å². The van der Waals surface area contributed by atoms with Crippen LogP contribution in [0.4, 0.5) is 0 Å². The first-order valence-electron chi connectivity index (χ1n) is 5.28. The normalized spacial score (nSPS) is 15.1. The molecule has 0 saturated carbocycles. The van der Waals surface area contributed by atoms with Gasteiger partial charge in [-0.25, -0.2) is 0 Å². The van der Waals surface area contributed by atoms with Gasteiger partial charge in [0, 0.05) is 11.3 Å². The summed E-state index contributed by atoms with van der Waals surface area (Å²) >= 11 is 1.66. The van der Waals surface area contributed by atoms with Gasteiger partial charge in [0.2, 0.25) is 0 Å². The number of nitrogens with two attached hydrogens (primary N) is 1. The molecular formula is C11H19NO2S. The minimum atomic E-state index is 0.0694. The first-order chi connectivity index (χ1) is 7.27. The maximum absolute atomic E-state index is 9.22. The average molecular weight is 229 g/mol. The summed E-state index contributed by atoms with van der Waals surface area (Å²) in [6.07, 6.45) is 3.67. The van der Waals surface area contributed by atoms with Gasteiger partial charge >= 0.3 is 0 Å². The fourth-order valence-electron chi connectivity index (χ4n) is 1.41. The van der Waals surface area contributed by atoms with Crippen molar-refractivity contribution in [1.82, 2.24) is 0 Å². The lowest BCUT2D eigenvalue weighted by Gasteiger charge is -2.20. The SMILES string of the molecule is CCCC(N)C(CO)SCc1ccco1. The van der Waals surface area contributed by atoms with E-state index in [2.05, 4.69) is 6.92 Å². The Morgan fingerprint density at radius 1 is 1.60 bits per heavy atom. The quantitative estimate of drug-likeness (QED) is 0.751. The molecule has 0 aliphatic carbocycles. The van der Waals surface area contributed by atoms with Gasteiger partial charge in [0.15, 0.2) is 0 Å². The molecule has 0 aliphatic heterocycles. The Morgan fingerprint density at radius 2 is 2.40 bits per heavy atom. The molecule has 0 bridgehead atoms. The minimum absolute atomic E-state index is 0.0694. The molecule has 1 aromatic rings. The highest BCUT2D eigenvalue weighted by atomic mass is 32.2. The van der Waals surface area contributed by atoms with Gasteiger partial charge in [-0.05, 0) is 18.6 Å². The lowest BCUT2D eigenvalue weighted by Crippen LogP contribution is -2.34. The first-order valence-corrected chi connectivity index (χ1v) is 6.33. The summed E-state index contributed by atoms with van der Waals surface area (Å²) in [7, 11) is 0. The van der Waals surface area contributed by atoms with Crippen LogP contribution in [0.25, 0.3) is 0 Å². The Labute approximate surface area is 95.0 Å². The van der Waals surface area contributed by atoms with Crippen molar-refractivity contribution in [3.63, 3.8) is 0 Å². The zero-order chi connectivity index (χ0) is 11.1. The van der Waals surface area contributed by atoms with Crippen molar-refractivity contribution in [2.24, 2.45) is 5.73 Å². The van der Waals surface area contributed by atoms with Gasteiger partial charge in [0.1, 0.15) is 5.76 Å². The van der Waals surface area contributed by atoms with E-state index in [1.165, 1.54) is 0 Å². The third-order valence-electron chi connectivity index (χ3n) is 2.30. The Bertz CT molecular complexity index is 251. The van der Waals surface area contributed by atoms with Crippen molar-refractivity contribution >= 4 is 11.8 Å². The monoisotopic (exact) mass is 229 g/mol. The van der Waals surface area contributed by atoms with Crippen molar-refractivity contribution in [3.8, 4) is 0 Å². The maximum atomic E-state index is 9.22. The van der Waals surface area contributed by atoms with Crippen LogP contribution in [-0.2, 0) is 5.75 Å². The van der Waals surface area contributed by atoms with Crippen molar-refractivity contribution in [2.45, 2.75) is 36.8 Å². The minimum Gasteiger partial charge on any atom is -0.468 e. The highest BCUT2D eigenvalue weighted by molar-refractivity contribution is 7.99. The van der Waals surface area contributed by atoms with E-state index >= 15 is 0 Å². The third kappa shape index (κ3) is 4.28. The van der Waals surface area contributed by atoms with E-state index in [4.69, 9.17) is 10.2 Å². The molecule has 0 aliphatic rings. The molecule has 0 spiro atoms. The van der Waals surface area contributed by atoms with Crippen molar-refractivity contribution in [3.05, 3.63) is 24.2 Å². The molecule has 15 heavy (non-hydrogen) atoms. The van der Waals surface area contributed by atoms with Crippen molar-refractivity contribution in [2.75, 3.05) is 6.61 Å². The van der Waals surface area contributed by atoms with Crippen LogP contribution in [0.15, 0.2) is 22.8 Å². The molecule has 0 aromatic carbocycles. The summed E-state index contributed by atoms with van der Waals surface area (Å²) in [6.45, 7) is 2.23. The molecule has 4 heteroatoms. The molecule has 0 fully saturated rings. The topological polar surface area (TPSA) is 59.4 Å². The Kier molecular flexibility index (Phi) is 5.83. The molecule has 0 radical (unpaired) electrons. The molecule has 2 atom stereocenters. The standard InChI is InChI=1S/C11H19NO2S/c1-2-4-10(12)11(7-13)15-8-9-5-3-6-14-9/h3,5-6,10-11,13H,2,4,7-8,12H2,1H3. The molecule has 1 rings (SSSR count). The van der Waals surface area contributed by atoms with Gasteiger partial charge in [-0.1, -0.05) is 13.3 Å². The third-order valence-corrected chi connectivity index (χ3v) is 3.68. The van der Waals surface area contributed by atoms with E-state index in [1.54, 1.807) is 18.0 Å². The van der Waals surface area contributed by atoms with Crippen molar-refractivity contribution in [1.29, 1.82) is 0 Å². The van der Waals surface area contributed by atoms with Crippen LogP contribution < -0.4 is 5.73 Å². The summed E-state index contributed by atoms with van der Waals surface area (Å²) in [6, 6.07) is 3.88. The average Bonchev–Trinajstić information content (AvgIpc) is 2.72. The summed E-state index contributed by atoms with van der Waals surface area (Å²) in [4.78, 5) is 0. The predicted octanol–water partition coefficient (Wildman–Crippen LogP) is 2.00. The van der Waals surface area contributed by atoms with Crippen LogP contribution in [0.5, 0.6) is 0 Å². The van der Waals surface area contributed by atoms with Gasteiger partial charge in [-0.3, -0.25) is 0 Å². The highest BCUT2D eigenvalue weighted by Gasteiger charge is 2.16. The van der Waals surface area contributed by atoms with Crippen LogP contribution in [0.1, 0.15) is 25.5 Å². The van der Waals surface area contributed by atoms with Gasteiger partial charge in [0.25, 0.3) is 0 Å².